The minimum absolute atomic E-state index is 0.0430. The number of nitrogens with zero attached hydrogens (tertiary/aromatic N) is 5. The van der Waals surface area contributed by atoms with Gasteiger partial charge in [-0.1, -0.05) is 23.4 Å². The summed E-state index contributed by atoms with van der Waals surface area (Å²) in [5.74, 6) is 0.912. The molecule has 3 heterocycles. The molecule has 4 rings (SSSR count). The monoisotopic (exact) mass is 322 g/mol. The molecule has 0 bridgehead atoms. The van der Waals surface area contributed by atoms with E-state index in [0.717, 1.165) is 36.4 Å². The molecule has 0 radical (unpaired) electrons. The quantitative estimate of drug-likeness (QED) is 0.782. The van der Waals surface area contributed by atoms with Crippen LogP contribution in [0.15, 0.2) is 48.7 Å². The number of nitrogens with one attached hydrogen (secondary N) is 1. The number of carbonyl (C=O) groups excluding carboxylic acids is 1. The van der Waals surface area contributed by atoms with E-state index in [1.165, 1.54) is 0 Å². The molecule has 122 valence electrons. The molecule has 1 aliphatic rings. The molecule has 1 fully saturated rings. The topological polar surface area (TPSA) is 75.9 Å². The Hall–Kier alpha value is -2.96. The highest BCUT2D eigenvalue weighted by Crippen LogP contribution is 2.17. The van der Waals surface area contributed by atoms with Crippen molar-refractivity contribution in [2.24, 2.45) is 0 Å². The van der Waals surface area contributed by atoms with Crippen LogP contribution in [0.1, 0.15) is 6.42 Å². The third-order valence-electron chi connectivity index (χ3n) is 4.24. The van der Waals surface area contributed by atoms with Crippen LogP contribution in [-0.4, -0.2) is 45.0 Å². The van der Waals surface area contributed by atoms with Gasteiger partial charge < -0.3 is 10.2 Å². The molecule has 2 aromatic heterocycles. The zero-order valence-corrected chi connectivity index (χ0v) is 13.2. The van der Waals surface area contributed by atoms with E-state index >= 15 is 0 Å². The van der Waals surface area contributed by atoms with Gasteiger partial charge in [0.15, 0.2) is 0 Å². The van der Waals surface area contributed by atoms with E-state index in [9.17, 15) is 4.79 Å². The first-order chi connectivity index (χ1) is 11.8. The fraction of sp³-hybridized carbons (Fsp3) is 0.294. The van der Waals surface area contributed by atoms with Crippen molar-refractivity contribution in [1.82, 2.24) is 25.3 Å². The third kappa shape index (κ3) is 2.92. The molecule has 7 heteroatoms. The molecular formula is C17H18N6O. The maximum atomic E-state index is 12.3. The zero-order valence-electron chi connectivity index (χ0n) is 13.2. The van der Waals surface area contributed by atoms with Crippen LogP contribution >= 0.6 is 0 Å². The smallest absolute Gasteiger partial charge is 0.242 e. The predicted molar refractivity (Wildman–Crippen MR) is 90.5 cm³/mol. The van der Waals surface area contributed by atoms with Gasteiger partial charge in [0.1, 0.15) is 17.9 Å². The first-order valence-corrected chi connectivity index (χ1v) is 8.03. The van der Waals surface area contributed by atoms with Gasteiger partial charge >= 0.3 is 0 Å². The van der Waals surface area contributed by atoms with Gasteiger partial charge in [-0.15, -0.1) is 5.10 Å². The Kier molecular flexibility index (Phi) is 3.82. The third-order valence-corrected chi connectivity index (χ3v) is 4.24. The molecule has 1 aliphatic heterocycles. The van der Waals surface area contributed by atoms with Crippen LogP contribution in [0.4, 0.5) is 5.82 Å². The van der Waals surface area contributed by atoms with Crippen molar-refractivity contribution < 1.29 is 4.79 Å². The molecule has 1 saturated heterocycles. The van der Waals surface area contributed by atoms with Crippen LogP contribution in [0.5, 0.6) is 0 Å². The number of aromatic nitrogens is 4. The van der Waals surface area contributed by atoms with Crippen molar-refractivity contribution in [3.63, 3.8) is 0 Å². The second kappa shape index (κ2) is 6.27. The lowest BCUT2D eigenvalue weighted by Crippen LogP contribution is -2.39. The maximum absolute atomic E-state index is 12.3. The Morgan fingerprint density at radius 2 is 2.08 bits per heavy atom. The van der Waals surface area contributed by atoms with E-state index in [0.29, 0.717) is 0 Å². The number of amides is 1. The van der Waals surface area contributed by atoms with Crippen molar-refractivity contribution in [2.75, 3.05) is 18.0 Å². The highest BCUT2D eigenvalue weighted by molar-refractivity contribution is 5.80. The molecule has 7 nitrogen and oxygen atoms in total. The summed E-state index contributed by atoms with van der Waals surface area (Å²) >= 11 is 0. The summed E-state index contributed by atoms with van der Waals surface area (Å²) in [6, 6.07) is 13.6. The zero-order chi connectivity index (χ0) is 16.4. The van der Waals surface area contributed by atoms with Crippen LogP contribution in [0.2, 0.25) is 0 Å². The molecule has 24 heavy (non-hydrogen) atoms. The van der Waals surface area contributed by atoms with Crippen molar-refractivity contribution in [2.45, 2.75) is 19.0 Å². The van der Waals surface area contributed by atoms with Gasteiger partial charge in [-0.2, -0.15) is 0 Å². The molecule has 0 aliphatic carbocycles. The summed E-state index contributed by atoms with van der Waals surface area (Å²) < 4.78 is 1.64. The fourth-order valence-corrected chi connectivity index (χ4v) is 3.07. The largest absolute Gasteiger partial charge is 0.354 e. The van der Waals surface area contributed by atoms with Gasteiger partial charge in [0.25, 0.3) is 0 Å². The van der Waals surface area contributed by atoms with Gasteiger partial charge in [-0.25, -0.2) is 9.67 Å². The first kappa shape index (κ1) is 14.6. The molecule has 1 unspecified atom stereocenters. The van der Waals surface area contributed by atoms with Crippen LogP contribution in [-0.2, 0) is 11.3 Å². The molecule has 1 N–H and O–H groups in total. The lowest BCUT2D eigenvalue weighted by molar-refractivity contribution is -0.122. The normalized spacial score (nSPS) is 17.3. The molecular weight excluding hydrogens is 304 g/mol. The molecule has 1 atom stereocenters. The second-order valence-electron chi connectivity index (χ2n) is 5.92. The summed E-state index contributed by atoms with van der Waals surface area (Å²) in [5.41, 5.74) is 1.67. The molecule has 1 aromatic carbocycles. The fourth-order valence-electron chi connectivity index (χ4n) is 3.07. The Bertz CT molecular complexity index is 846. The van der Waals surface area contributed by atoms with Crippen LogP contribution in [0.25, 0.3) is 11.0 Å². The number of hydrogen-bond donors (Lipinski definition) is 1. The van der Waals surface area contributed by atoms with Gasteiger partial charge in [-0.05, 0) is 30.7 Å². The van der Waals surface area contributed by atoms with E-state index in [1.54, 1.807) is 10.9 Å². The first-order valence-electron chi connectivity index (χ1n) is 8.03. The number of rotatable bonds is 4. The van der Waals surface area contributed by atoms with Crippen molar-refractivity contribution >= 4 is 22.8 Å². The minimum atomic E-state index is -0.0430. The Morgan fingerprint density at radius 1 is 1.21 bits per heavy atom. The van der Waals surface area contributed by atoms with E-state index in [4.69, 9.17) is 0 Å². The van der Waals surface area contributed by atoms with Crippen molar-refractivity contribution in [1.29, 1.82) is 0 Å². The van der Waals surface area contributed by atoms with E-state index in [2.05, 4.69) is 25.5 Å². The second-order valence-corrected chi connectivity index (χ2v) is 5.92. The number of para-hydroxylation sites is 1. The summed E-state index contributed by atoms with van der Waals surface area (Å²) in [5, 5.41) is 11.2. The van der Waals surface area contributed by atoms with Crippen molar-refractivity contribution in [3.8, 4) is 0 Å². The van der Waals surface area contributed by atoms with Gasteiger partial charge in [-0.3, -0.25) is 4.79 Å². The average Bonchev–Trinajstić information content (AvgIpc) is 3.23. The molecule has 0 saturated carbocycles. The minimum Gasteiger partial charge on any atom is -0.354 e. The van der Waals surface area contributed by atoms with E-state index < -0.39 is 0 Å². The molecule has 1 amide bonds. The van der Waals surface area contributed by atoms with Crippen LogP contribution in [0.3, 0.4) is 0 Å². The van der Waals surface area contributed by atoms with Crippen LogP contribution < -0.4 is 10.2 Å². The maximum Gasteiger partial charge on any atom is 0.242 e. The van der Waals surface area contributed by atoms with Gasteiger partial charge in [0.2, 0.25) is 5.91 Å². The number of benzene rings is 1. The van der Waals surface area contributed by atoms with Crippen molar-refractivity contribution in [3.05, 3.63) is 48.7 Å². The Morgan fingerprint density at radius 3 is 2.96 bits per heavy atom. The number of hydrogen-bond acceptors (Lipinski definition) is 5. The SMILES string of the molecule is O=C(Cn1nnc2ccccc21)NC1CCN(c2ccccn2)C1. The number of carbonyl (C=O) groups is 1. The van der Waals surface area contributed by atoms with E-state index in [-0.39, 0.29) is 18.5 Å². The number of anilines is 1. The van der Waals surface area contributed by atoms with E-state index in [1.807, 2.05) is 42.5 Å². The standard InChI is InChI=1S/C17H18N6O/c24-17(12-23-15-6-2-1-5-14(15)20-21-23)19-13-8-10-22(11-13)16-7-3-4-9-18-16/h1-7,9,13H,8,10-12H2,(H,19,24). The predicted octanol–water partition coefficient (Wildman–Crippen LogP) is 1.22. The average molecular weight is 322 g/mol. The highest BCUT2D eigenvalue weighted by Gasteiger charge is 2.24. The Balaban J connectivity index is 1.37. The van der Waals surface area contributed by atoms with Gasteiger partial charge in [0.05, 0.1) is 5.52 Å². The number of fused-ring (bicyclic) bond motifs is 1. The van der Waals surface area contributed by atoms with Crippen LogP contribution in [0, 0.1) is 0 Å². The lowest BCUT2D eigenvalue weighted by Gasteiger charge is -2.17. The summed E-state index contributed by atoms with van der Waals surface area (Å²) in [6.07, 6.45) is 2.71. The highest BCUT2D eigenvalue weighted by atomic mass is 16.2. The summed E-state index contributed by atoms with van der Waals surface area (Å²) in [6.45, 7) is 1.86. The Labute approximate surface area is 139 Å². The van der Waals surface area contributed by atoms with Gasteiger partial charge in [0, 0.05) is 25.3 Å². The summed E-state index contributed by atoms with van der Waals surface area (Å²) in [7, 11) is 0. The molecule has 0 spiro atoms. The lowest BCUT2D eigenvalue weighted by atomic mass is 10.2. The number of pyridine rings is 1. The molecule has 3 aromatic rings. The summed E-state index contributed by atoms with van der Waals surface area (Å²) in [4.78, 5) is 18.9.